The number of imidazole rings is 1. The summed E-state index contributed by atoms with van der Waals surface area (Å²) in [5.74, 6) is 0.132. The summed E-state index contributed by atoms with van der Waals surface area (Å²) in [4.78, 5) is 31.7. The Labute approximate surface area is 240 Å². The van der Waals surface area contributed by atoms with Crippen LogP contribution in [0.2, 0.25) is 0 Å². The average Bonchev–Trinajstić information content (AvgIpc) is 3.62. The maximum atomic E-state index is 14.1. The summed E-state index contributed by atoms with van der Waals surface area (Å²) >= 11 is 0. The molecule has 204 valence electrons. The fourth-order valence-corrected chi connectivity index (χ4v) is 6.89. The van der Waals surface area contributed by atoms with E-state index in [1.165, 1.54) is 16.8 Å². The van der Waals surface area contributed by atoms with E-state index in [0.29, 0.717) is 12.1 Å². The van der Waals surface area contributed by atoms with Gasteiger partial charge in [-0.1, -0.05) is 97.9 Å². The van der Waals surface area contributed by atoms with Gasteiger partial charge in [0.1, 0.15) is 6.17 Å². The Morgan fingerprint density at radius 3 is 2.34 bits per heavy atom. The quantitative estimate of drug-likeness (QED) is 0.206. The summed E-state index contributed by atoms with van der Waals surface area (Å²) < 4.78 is 3.95. The number of ketones is 1. The third kappa shape index (κ3) is 4.31. The summed E-state index contributed by atoms with van der Waals surface area (Å²) in [6.45, 7) is 4.20. The number of amides is 1. The molecular weight excluding hydrogens is 508 g/mol. The number of aromatic nitrogens is 2. The van der Waals surface area contributed by atoms with Crippen LogP contribution < -0.4 is 9.47 Å². The minimum Gasteiger partial charge on any atom is -0.346 e. The fourth-order valence-electron chi connectivity index (χ4n) is 6.89. The Bertz CT molecular complexity index is 1750. The van der Waals surface area contributed by atoms with Gasteiger partial charge in [-0.15, -0.1) is 0 Å². The molecule has 5 aromatic rings. The van der Waals surface area contributed by atoms with Crippen molar-refractivity contribution in [2.45, 2.75) is 44.6 Å². The fraction of sp³-hybridized carbons (Fsp3) is 0.229. The van der Waals surface area contributed by atoms with Crippen molar-refractivity contribution in [3.8, 4) is 0 Å². The number of carbonyl (C=O) groups is 2. The predicted octanol–water partition coefficient (Wildman–Crippen LogP) is 5.35. The summed E-state index contributed by atoms with van der Waals surface area (Å²) in [6, 6.07) is 36.5. The van der Waals surface area contributed by atoms with Gasteiger partial charge in [-0.2, -0.15) is 0 Å². The van der Waals surface area contributed by atoms with Crippen LogP contribution in [-0.4, -0.2) is 33.9 Å². The number of para-hydroxylation sites is 3. The lowest BCUT2D eigenvalue weighted by Crippen LogP contribution is -2.51. The van der Waals surface area contributed by atoms with Crippen molar-refractivity contribution < 1.29 is 14.2 Å². The number of benzene rings is 4. The van der Waals surface area contributed by atoms with Crippen LogP contribution in [0, 0.1) is 0 Å². The Hall–Kier alpha value is -4.71. The molecule has 3 heterocycles. The molecule has 4 aromatic carbocycles. The van der Waals surface area contributed by atoms with E-state index >= 15 is 0 Å². The summed E-state index contributed by atoms with van der Waals surface area (Å²) in [5.41, 5.74) is 6.19. The van der Waals surface area contributed by atoms with Gasteiger partial charge >= 0.3 is 0 Å². The van der Waals surface area contributed by atoms with Gasteiger partial charge in [0.15, 0.2) is 24.1 Å². The minimum atomic E-state index is -0.137. The Balaban J connectivity index is 1.19. The topological polar surface area (TPSA) is 49.4 Å². The van der Waals surface area contributed by atoms with Crippen LogP contribution in [0.4, 0.5) is 5.69 Å². The van der Waals surface area contributed by atoms with Gasteiger partial charge in [-0.05, 0) is 35.7 Å². The monoisotopic (exact) mass is 541 g/mol. The number of hydrogen-bond donors (Lipinski definition) is 0. The highest BCUT2D eigenvalue weighted by molar-refractivity contribution is 5.95. The molecule has 6 heteroatoms. The number of anilines is 1. The largest absolute Gasteiger partial charge is 0.346 e. The van der Waals surface area contributed by atoms with E-state index in [1.54, 1.807) is 0 Å². The molecule has 0 N–H and O–H groups in total. The molecule has 2 aliphatic heterocycles. The second-order valence-electron chi connectivity index (χ2n) is 11.4. The second kappa shape index (κ2) is 10.0. The van der Waals surface area contributed by atoms with E-state index in [1.807, 2.05) is 76.1 Å². The highest BCUT2D eigenvalue weighted by Crippen LogP contribution is 2.52. The van der Waals surface area contributed by atoms with Crippen molar-refractivity contribution in [1.29, 1.82) is 0 Å². The smallest absolute Gasteiger partial charge is 0.266 e. The van der Waals surface area contributed by atoms with Gasteiger partial charge in [0, 0.05) is 29.8 Å². The zero-order chi connectivity index (χ0) is 28.0. The van der Waals surface area contributed by atoms with Crippen LogP contribution in [0.3, 0.4) is 0 Å². The van der Waals surface area contributed by atoms with Crippen molar-refractivity contribution in [3.63, 3.8) is 0 Å². The molecule has 2 atom stereocenters. The summed E-state index contributed by atoms with van der Waals surface area (Å²) in [7, 11) is 0. The summed E-state index contributed by atoms with van der Waals surface area (Å²) in [6.07, 6.45) is 2.79. The van der Waals surface area contributed by atoms with E-state index in [-0.39, 0.29) is 36.4 Å². The average molecular weight is 542 g/mol. The van der Waals surface area contributed by atoms with Gasteiger partial charge in [-0.25, -0.2) is 9.13 Å². The molecule has 1 saturated heterocycles. The first-order valence-corrected chi connectivity index (χ1v) is 14.3. The normalized spacial score (nSPS) is 19.4. The van der Waals surface area contributed by atoms with Crippen molar-refractivity contribution in [2.24, 2.45) is 0 Å². The Morgan fingerprint density at radius 1 is 0.854 bits per heavy atom. The third-order valence-electron chi connectivity index (χ3n) is 8.87. The van der Waals surface area contributed by atoms with Gasteiger partial charge in [0.05, 0.1) is 0 Å². The molecule has 1 fully saturated rings. The maximum absolute atomic E-state index is 14.1. The molecular formula is C35H33N4O2+. The lowest BCUT2D eigenvalue weighted by Gasteiger charge is -2.36. The number of carbonyl (C=O) groups excluding carboxylic acids is 2. The van der Waals surface area contributed by atoms with Crippen LogP contribution in [-0.2, 0) is 29.8 Å². The van der Waals surface area contributed by atoms with E-state index in [2.05, 4.69) is 65.3 Å². The first kappa shape index (κ1) is 25.3. The zero-order valence-corrected chi connectivity index (χ0v) is 23.2. The number of hydrogen-bond acceptors (Lipinski definition) is 3. The molecule has 0 bridgehead atoms. The molecule has 1 aromatic heterocycles. The molecule has 7 rings (SSSR count). The number of rotatable bonds is 7. The van der Waals surface area contributed by atoms with Crippen molar-refractivity contribution in [2.75, 3.05) is 11.4 Å². The Morgan fingerprint density at radius 2 is 1.54 bits per heavy atom. The standard InChI is InChI=1S/C35H33N4O2/c1-35-20-21-38(34(35)39(22-26-12-4-2-5-13-26)29-17-9-8-16-28(29)35)33(41)24-37-25-36(30-18-10-11-19-31(30)37)23-32(40)27-14-6-3-7-15-27/h2-19,25,34H,20-24H2,1H3/q+1. The van der Waals surface area contributed by atoms with Crippen molar-refractivity contribution in [1.82, 2.24) is 9.47 Å². The lowest BCUT2D eigenvalue weighted by atomic mass is 9.81. The van der Waals surface area contributed by atoms with E-state index in [9.17, 15) is 9.59 Å². The van der Waals surface area contributed by atoms with Crippen molar-refractivity contribution >= 4 is 28.4 Å². The first-order chi connectivity index (χ1) is 20.0. The maximum Gasteiger partial charge on any atom is 0.266 e. The zero-order valence-electron chi connectivity index (χ0n) is 23.2. The van der Waals surface area contributed by atoms with Crippen LogP contribution in [0.15, 0.2) is 116 Å². The molecule has 0 radical (unpaired) electrons. The van der Waals surface area contributed by atoms with Gasteiger partial charge in [-0.3, -0.25) is 9.59 Å². The van der Waals surface area contributed by atoms with Crippen LogP contribution >= 0.6 is 0 Å². The highest BCUT2D eigenvalue weighted by Gasteiger charge is 2.55. The second-order valence-corrected chi connectivity index (χ2v) is 11.4. The third-order valence-corrected chi connectivity index (χ3v) is 8.87. The van der Waals surface area contributed by atoms with Crippen molar-refractivity contribution in [3.05, 3.63) is 132 Å². The van der Waals surface area contributed by atoms with E-state index in [0.717, 1.165) is 24.0 Å². The van der Waals surface area contributed by atoms with Crippen LogP contribution in [0.25, 0.3) is 11.0 Å². The molecule has 1 amide bonds. The number of Topliss-reactive ketones (excluding diaryl/α,β-unsaturated/α-hetero) is 1. The minimum absolute atomic E-state index is 0.0420. The first-order valence-electron chi connectivity index (χ1n) is 14.3. The van der Waals surface area contributed by atoms with Gasteiger partial charge in [0.2, 0.25) is 12.1 Å². The number of likely N-dealkylation sites (tertiary alicyclic amines) is 1. The molecule has 41 heavy (non-hydrogen) atoms. The van der Waals surface area contributed by atoms with E-state index < -0.39 is 0 Å². The lowest BCUT2D eigenvalue weighted by molar-refractivity contribution is -0.657. The van der Waals surface area contributed by atoms with E-state index in [4.69, 9.17) is 0 Å². The molecule has 2 unspecified atom stereocenters. The Kier molecular flexibility index (Phi) is 6.19. The van der Waals surface area contributed by atoms with Gasteiger partial charge in [0.25, 0.3) is 5.91 Å². The molecule has 0 spiro atoms. The molecule has 6 nitrogen and oxygen atoms in total. The molecule has 0 saturated carbocycles. The number of nitrogens with zero attached hydrogens (tertiary/aromatic N) is 4. The molecule has 2 aliphatic rings. The SMILES string of the molecule is CC12CCN(C(=O)Cn3c[n+](CC(=O)c4ccccc4)c4ccccc43)C1N(Cc1ccccc1)c1ccccc12. The molecule has 0 aliphatic carbocycles. The van der Waals surface area contributed by atoms with Crippen LogP contribution in [0.5, 0.6) is 0 Å². The predicted molar refractivity (Wildman–Crippen MR) is 159 cm³/mol. The van der Waals surface area contributed by atoms with Gasteiger partial charge < -0.3 is 9.80 Å². The highest BCUT2D eigenvalue weighted by atomic mass is 16.2. The van der Waals surface area contributed by atoms with Crippen LogP contribution in [0.1, 0.15) is 34.8 Å². The number of fused-ring (bicyclic) bond motifs is 4. The summed E-state index contributed by atoms with van der Waals surface area (Å²) in [5, 5.41) is 0.